The molecule has 0 aliphatic heterocycles. The zero-order valence-corrected chi connectivity index (χ0v) is 28.7. The SMILES string of the molecule is [C-]#[N+]c1cc(-c2cc(-c3ccccc3)nc(-c3ccccc3)n2)c(C#N)cc1-n1c2ccc(C(C)(C)C)cc2c2cc(C(C)(C)C)ccc21. The molecule has 0 aliphatic rings. The number of hydrogen-bond acceptors (Lipinski definition) is 3. The quantitative estimate of drug-likeness (QED) is 0.181. The van der Waals surface area contributed by atoms with Crippen LogP contribution in [0.1, 0.15) is 58.2 Å². The van der Waals surface area contributed by atoms with Crippen molar-refractivity contribution in [2.45, 2.75) is 52.4 Å². The monoisotopic (exact) mass is 635 g/mol. The van der Waals surface area contributed by atoms with Crippen molar-refractivity contribution in [2.75, 3.05) is 0 Å². The van der Waals surface area contributed by atoms with Crippen LogP contribution in [0.5, 0.6) is 0 Å². The van der Waals surface area contributed by atoms with E-state index in [0.717, 1.165) is 38.6 Å². The van der Waals surface area contributed by atoms with Gasteiger partial charge in [0.05, 0.1) is 46.3 Å². The van der Waals surface area contributed by atoms with Gasteiger partial charge in [0, 0.05) is 27.5 Å². The Morgan fingerprint density at radius 2 is 1.16 bits per heavy atom. The van der Waals surface area contributed by atoms with E-state index >= 15 is 0 Å². The third-order valence-corrected chi connectivity index (χ3v) is 9.20. The summed E-state index contributed by atoms with van der Waals surface area (Å²) < 4.78 is 2.15. The lowest BCUT2D eigenvalue weighted by molar-refractivity contribution is 0.590. The molecule has 0 saturated heterocycles. The van der Waals surface area contributed by atoms with E-state index in [1.165, 1.54) is 11.1 Å². The maximum Gasteiger partial charge on any atom is 0.211 e. The summed E-state index contributed by atoms with van der Waals surface area (Å²) in [6.07, 6.45) is 0. The Balaban J connectivity index is 1.50. The number of rotatable bonds is 4. The first-order chi connectivity index (χ1) is 23.5. The predicted octanol–water partition coefficient (Wildman–Crippen LogP) is 11.6. The van der Waals surface area contributed by atoms with Gasteiger partial charge in [-0.2, -0.15) is 5.26 Å². The first-order valence-electron chi connectivity index (χ1n) is 16.5. The Labute approximate surface area is 288 Å². The molecular formula is C44H37N5. The van der Waals surface area contributed by atoms with E-state index in [0.29, 0.717) is 34.0 Å². The molecule has 0 bridgehead atoms. The summed E-state index contributed by atoms with van der Waals surface area (Å²) in [5.74, 6) is 0.556. The van der Waals surface area contributed by atoms with Crippen LogP contribution in [0.15, 0.2) is 115 Å². The zero-order valence-electron chi connectivity index (χ0n) is 28.7. The van der Waals surface area contributed by atoms with Gasteiger partial charge in [0.1, 0.15) is 0 Å². The van der Waals surface area contributed by atoms with Crippen LogP contribution < -0.4 is 0 Å². The summed E-state index contributed by atoms with van der Waals surface area (Å²) in [6, 6.07) is 41.0. The van der Waals surface area contributed by atoms with Gasteiger partial charge >= 0.3 is 0 Å². The van der Waals surface area contributed by atoms with E-state index in [1.807, 2.05) is 78.9 Å². The lowest BCUT2D eigenvalue weighted by atomic mass is 9.85. The first-order valence-corrected chi connectivity index (χ1v) is 16.5. The normalized spacial score (nSPS) is 11.8. The number of nitriles is 1. The summed E-state index contributed by atoms with van der Waals surface area (Å²) in [6.45, 7) is 21.7. The van der Waals surface area contributed by atoms with Gasteiger partial charge in [0.25, 0.3) is 0 Å². The van der Waals surface area contributed by atoms with Gasteiger partial charge in [0.15, 0.2) is 5.82 Å². The minimum atomic E-state index is -0.0315. The number of aromatic nitrogens is 3. The van der Waals surface area contributed by atoms with E-state index in [4.69, 9.17) is 16.5 Å². The average molecular weight is 636 g/mol. The Morgan fingerprint density at radius 3 is 1.67 bits per heavy atom. The van der Waals surface area contributed by atoms with E-state index in [2.05, 4.69) is 93.4 Å². The Bertz CT molecular complexity index is 2330. The lowest BCUT2D eigenvalue weighted by Crippen LogP contribution is -2.10. The second-order valence-electron chi connectivity index (χ2n) is 14.6. The molecular weight excluding hydrogens is 599 g/mol. The van der Waals surface area contributed by atoms with Gasteiger partial charge in [-0.1, -0.05) is 114 Å². The molecule has 0 unspecified atom stereocenters. The number of fused-ring (bicyclic) bond motifs is 3. The Hall–Kier alpha value is -6.04. The van der Waals surface area contributed by atoms with Crippen LogP contribution in [0.3, 0.4) is 0 Å². The molecule has 0 amide bonds. The second kappa shape index (κ2) is 11.9. The lowest BCUT2D eigenvalue weighted by Gasteiger charge is -2.19. The summed E-state index contributed by atoms with van der Waals surface area (Å²) in [5.41, 5.74) is 9.70. The molecule has 0 saturated carbocycles. The van der Waals surface area contributed by atoms with Crippen molar-refractivity contribution in [1.82, 2.24) is 14.5 Å². The van der Waals surface area contributed by atoms with Crippen LogP contribution in [0, 0.1) is 17.9 Å². The molecule has 238 valence electrons. The van der Waals surface area contributed by atoms with Crippen molar-refractivity contribution in [2.24, 2.45) is 0 Å². The highest BCUT2D eigenvalue weighted by atomic mass is 15.0. The topological polar surface area (TPSA) is 58.9 Å². The van der Waals surface area contributed by atoms with Crippen molar-refractivity contribution < 1.29 is 0 Å². The van der Waals surface area contributed by atoms with Crippen molar-refractivity contribution in [3.05, 3.63) is 143 Å². The van der Waals surface area contributed by atoms with E-state index < -0.39 is 0 Å². The van der Waals surface area contributed by atoms with Crippen LogP contribution in [-0.2, 0) is 10.8 Å². The highest BCUT2D eigenvalue weighted by molar-refractivity contribution is 6.10. The smallest absolute Gasteiger partial charge is 0.211 e. The second-order valence-corrected chi connectivity index (χ2v) is 14.6. The van der Waals surface area contributed by atoms with Crippen molar-refractivity contribution >= 4 is 27.5 Å². The van der Waals surface area contributed by atoms with Gasteiger partial charge < -0.3 is 4.57 Å². The molecule has 5 nitrogen and oxygen atoms in total. The molecule has 5 heteroatoms. The van der Waals surface area contributed by atoms with Crippen LogP contribution in [0.4, 0.5) is 5.69 Å². The fourth-order valence-corrected chi connectivity index (χ4v) is 6.42. The maximum absolute atomic E-state index is 10.6. The summed E-state index contributed by atoms with van der Waals surface area (Å²) >= 11 is 0. The molecule has 2 aromatic heterocycles. The third-order valence-electron chi connectivity index (χ3n) is 9.20. The van der Waals surface area contributed by atoms with Gasteiger partial charge in [-0.05, 0) is 64.4 Å². The molecule has 0 spiro atoms. The molecule has 0 aliphatic carbocycles. The highest BCUT2D eigenvalue weighted by Gasteiger charge is 2.23. The molecule has 0 radical (unpaired) electrons. The van der Waals surface area contributed by atoms with Crippen LogP contribution in [0.25, 0.3) is 66.2 Å². The molecule has 0 N–H and O–H groups in total. The fraction of sp³-hybridized carbons (Fsp3) is 0.182. The van der Waals surface area contributed by atoms with Crippen molar-refractivity contribution in [1.29, 1.82) is 5.26 Å². The minimum Gasteiger partial charge on any atom is -0.319 e. The number of nitrogens with zero attached hydrogens (tertiary/aromatic N) is 5. The van der Waals surface area contributed by atoms with E-state index in [1.54, 1.807) is 0 Å². The van der Waals surface area contributed by atoms with Gasteiger partial charge in [-0.15, -0.1) is 0 Å². The Morgan fingerprint density at radius 1 is 0.633 bits per heavy atom. The summed E-state index contributed by atoms with van der Waals surface area (Å²) in [5, 5.41) is 12.9. The molecule has 7 rings (SSSR count). The van der Waals surface area contributed by atoms with Gasteiger partial charge in [-0.3, -0.25) is 0 Å². The van der Waals surface area contributed by atoms with Crippen molar-refractivity contribution in [3.8, 4) is 45.7 Å². The zero-order chi connectivity index (χ0) is 34.5. The highest BCUT2D eigenvalue weighted by Crippen LogP contribution is 2.42. The molecule has 0 atom stereocenters. The van der Waals surface area contributed by atoms with E-state index in [9.17, 15) is 5.26 Å². The molecule has 49 heavy (non-hydrogen) atoms. The largest absolute Gasteiger partial charge is 0.319 e. The molecule has 5 aromatic carbocycles. The van der Waals surface area contributed by atoms with Crippen LogP contribution >= 0.6 is 0 Å². The maximum atomic E-state index is 10.6. The van der Waals surface area contributed by atoms with Gasteiger partial charge in [-0.25, -0.2) is 14.8 Å². The predicted molar refractivity (Wildman–Crippen MR) is 201 cm³/mol. The van der Waals surface area contributed by atoms with E-state index in [-0.39, 0.29) is 10.8 Å². The van der Waals surface area contributed by atoms with Crippen LogP contribution in [0.2, 0.25) is 0 Å². The molecule has 2 heterocycles. The Kier molecular flexibility index (Phi) is 7.65. The average Bonchev–Trinajstić information content (AvgIpc) is 3.44. The van der Waals surface area contributed by atoms with Gasteiger partial charge in [0.2, 0.25) is 5.69 Å². The minimum absolute atomic E-state index is 0.0315. The first kappa shape index (κ1) is 31.6. The third kappa shape index (κ3) is 5.75. The molecule has 7 aromatic rings. The summed E-state index contributed by atoms with van der Waals surface area (Å²) in [7, 11) is 0. The van der Waals surface area contributed by atoms with Crippen LogP contribution in [-0.4, -0.2) is 14.5 Å². The molecule has 0 fully saturated rings. The number of benzene rings is 5. The van der Waals surface area contributed by atoms with Crippen molar-refractivity contribution in [3.63, 3.8) is 0 Å². The number of hydrogen-bond donors (Lipinski definition) is 0. The standard InChI is InChI=1S/C44H37N5/c1-43(2,3)31-18-20-39-34(23-31)35-24-32(44(4,5)6)19-21-40(35)49(39)41-22-30(27-45)33(25-38(41)46-7)37-26-36(28-14-10-8-11-15-28)47-42(48-37)29-16-12-9-13-17-29/h8-26H,1-6H3. The summed E-state index contributed by atoms with van der Waals surface area (Å²) in [4.78, 5) is 13.9. The fourth-order valence-electron chi connectivity index (χ4n) is 6.42.